The second-order valence-corrected chi connectivity index (χ2v) is 12.5. The lowest BCUT2D eigenvalue weighted by molar-refractivity contribution is -0.198. The Balaban J connectivity index is 1.43. The van der Waals surface area contributed by atoms with E-state index in [0.29, 0.717) is 42.3 Å². The predicted molar refractivity (Wildman–Crippen MR) is 142 cm³/mol. The third-order valence-corrected chi connectivity index (χ3v) is 9.28. The zero-order valence-electron chi connectivity index (χ0n) is 21.4. The van der Waals surface area contributed by atoms with E-state index < -0.39 is 28.6 Å². The number of alkyl halides is 2. The van der Waals surface area contributed by atoms with Crippen LogP contribution in [0.15, 0.2) is 45.7 Å². The SMILES string of the molecule is CN[C@H](C=O)CS(=O)c1cc(F)c(-c2nnc(C3CC4(C3)CC(F)(F)C4)o2)cc1N(C)Cc1ccc(Cl)cc1. The average molecular weight is 581 g/mol. The van der Waals surface area contributed by atoms with E-state index in [0.717, 1.165) is 5.56 Å². The lowest BCUT2D eigenvalue weighted by Gasteiger charge is -2.56. The number of aromatic nitrogens is 2. The average Bonchev–Trinajstić information content (AvgIpc) is 3.34. The standard InChI is InChI=1S/C27H28ClF3N4O3S/c1-32-19(12-36)13-39(37)23-8-21(29)20(7-22(23)35(2)11-16-3-5-18(28)6-4-16)25-34-33-24(38-25)17-9-26(10-17)14-27(30,31)15-26/h3-8,12,17,19,32H,9-11,13-15H2,1-2H3/t19-,39?/m1/s1. The first-order valence-electron chi connectivity index (χ1n) is 12.5. The second-order valence-electron chi connectivity index (χ2n) is 10.6. The van der Waals surface area contributed by atoms with Gasteiger partial charge in [-0.3, -0.25) is 4.21 Å². The van der Waals surface area contributed by atoms with E-state index in [-0.39, 0.29) is 46.3 Å². The van der Waals surface area contributed by atoms with Crippen LogP contribution in [0.5, 0.6) is 0 Å². The molecule has 7 nitrogen and oxygen atoms in total. The van der Waals surface area contributed by atoms with Crippen molar-refractivity contribution in [2.45, 2.75) is 55.0 Å². The Morgan fingerprint density at radius 3 is 2.54 bits per heavy atom. The van der Waals surface area contributed by atoms with E-state index in [1.807, 2.05) is 17.0 Å². The zero-order chi connectivity index (χ0) is 27.9. The Morgan fingerprint density at radius 1 is 1.23 bits per heavy atom. The van der Waals surface area contributed by atoms with Crippen LogP contribution in [-0.2, 0) is 22.1 Å². The van der Waals surface area contributed by atoms with Gasteiger partial charge in [0.1, 0.15) is 12.1 Å². The third-order valence-electron chi connectivity index (χ3n) is 7.55. The fourth-order valence-electron chi connectivity index (χ4n) is 5.58. The molecule has 0 bridgehead atoms. The number of nitrogens with one attached hydrogen (secondary N) is 1. The van der Waals surface area contributed by atoms with Gasteiger partial charge < -0.3 is 19.4 Å². The Kier molecular flexibility index (Phi) is 7.60. The van der Waals surface area contributed by atoms with Gasteiger partial charge in [-0.25, -0.2) is 13.2 Å². The number of anilines is 1. The van der Waals surface area contributed by atoms with E-state index >= 15 is 4.39 Å². The molecule has 1 unspecified atom stereocenters. The summed E-state index contributed by atoms with van der Waals surface area (Å²) >= 11 is 6.01. The Bertz CT molecular complexity index is 1390. The van der Waals surface area contributed by atoms with Crippen molar-refractivity contribution in [2.24, 2.45) is 5.41 Å². The van der Waals surface area contributed by atoms with Gasteiger partial charge in [0.15, 0.2) is 0 Å². The summed E-state index contributed by atoms with van der Waals surface area (Å²) in [4.78, 5) is 13.4. The van der Waals surface area contributed by atoms with Gasteiger partial charge in [-0.05, 0) is 55.1 Å². The molecule has 0 aliphatic heterocycles. The van der Waals surface area contributed by atoms with Crippen LogP contribution >= 0.6 is 11.6 Å². The summed E-state index contributed by atoms with van der Waals surface area (Å²) < 4.78 is 61.3. The maximum atomic E-state index is 15.4. The quantitative estimate of drug-likeness (QED) is 0.323. The number of nitrogens with zero attached hydrogens (tertiary/aromatic N) is 3. The number of rotatable bonds is 10. The van der Waals surface area contributed by atoms with Crippen molar-refractivity contribution in [3.63, 3.8) is 0 Å². The van der Waals surface area contributed by atoms with Gasteiger partial charge in [0.25, 0.3) is 5.89 Å². The number of likely N-dealkylation sites (N-methyl/N-ethyl adjacent to an activating group) is 1. The second kappa shape index (κ2) is 10.7. The van der Waals surface area contributed by atoms with Crippen molar-refractivity contribution in [1.29, 1.82) is 0 Å². The molecule has 208 valence electrons. The molecule has 2 saturated carbocycles. The summed E-state index contributed by atoms with van der Waals surface area (Å²) in [5.41, 5.74) is 1.08. The van der Waals surface area contributed by atoms with Gasteiger partial charge in [0, 0.05) is 37.4 Å². The molecule has 1 spiro atoms. The van der Waals surface area contributed by atoms with Crippen molar-refractivity contribution >= 4 is 34.4 Å². The lowest BCUT2D eigenvalue weighted by atomic mass is 9.50. The molecular weight excluding hydrogens is 553 g/mol. The van der Waals surface area contributed by atoms with Crippen LogP contribution in [0.1, 0.15) is 43.1 Å². The maximum Gasteiger partial charge on any atom is 0.250 e. The van der Waals surface area contributed by atoms with E-state index in [1.165, 1.54) is 12.1 Å². The van der Waals surface area contributed by atoms with Gasteiger partial charge in [-0.1, -0.05) is 23.7 Å². The van der Waals surface area contributed by atoms with Crippen molar-refractivity contribution in [3.8, 4) is 11.5 Å². The van der Waals surface area contributed by atoms with Crippen LogP contribution in [0.4, 0.5) is 18.9 Å². The van der Waals surface area contributed by atoms with Gasteiger partial charge in [-0.2, -0.15) is 0 Å². The zero-order valence-corrected chi connectivity index (χ0v) is 23.0. The van der Waals surface area contributed by atoms with Crippen LogP contribution in [0.25, 0.3) is 11.5 Å². The Morgan fingerprint density at radius 2 is 1.92 bits per heavy atom. The molecule has 2 aromatic carbocycles. The summed E-state index contributed by atoms with van der Waals surface area (Å²) in [5, 5.41) is 11.5. The largest absolute Gasteiger partial charge is 0.420 e. The normalized spacial score (nSPS) is 19.2. The van der Waals surface area contributed by atoms with Crippen LogP contribution in [-0.4, -0.2) is 52.5 Å². The van der Waals surface area contributed by atoms with Crippen molar-refractivity contribution in [2.75, 3.05) is 24.7 Å². The minimum Gasteiger partial charge on any atom is -0.420 e. The topological polar surface area (TPSA) is 88.3 Å². The van der Waals surface area contributed by atoms with Gasteiger partial charge in [0.05, 0.1) is 38.7 Å². The molecule has 3 aromatic rings. The first-order chi connectivity index (χ1) is 18.5. The van der Waals surface area contributed by atoms with Gasteiger partial charge in [0.2, 0.25) is 11.8 Å². The molecule has 2 fully saturated rings. The minimum atomic E-state index is -2.59. The van der Waals surface area contributed by atoms with E-state index in [1.54, 1.807) is 26.2 Å². The van der Waals surface area contributed by atoms with Crippen LogP contribution in [0.2, 0.25) is 5.02 Å². The first kappa shape index (κ1) is 27.8. The number of aldehydes is 1. The highest BCUT2D eigenvalue weighted by molar-refractivity contribution is 7.85. The Labute approximate surface area is 231 Å². The van der Waals surface area contributed by atoms with Gasteiger partial charge >= 0.3 is 0 Å². The molecule has 5 rings (SSSR count). The smallest absolute Gasteiger partial charge is 0.250 e. The lowest BCUT2D eigenvalue weighted by Crippen LogP contribution is -2.52. The summed E-state index contributed by atoms with van der Waals surface area (Å²) in [7, 11) is 1.65. The summed E-state index contributed by atoms with van der Waals surface area (Å²) in [6, 6.07) is 9.26. The van der Waals surface area contributed by atoms with Crippen LogP contribution in [0.3, 0.4) is 0 Å². The van der Waals surface area contributed by atoms with Crippen LogP contribution in [0, 0.1) is 11.2 Å². The molecule has 2 aliphatic carbocycles. The summed E-state index contributed by atoms with van der Waals surface area (Å²) in [6.07, 6.45) is 1.51. The molecule has 0 saturated heterocycles. The molecule has 1 aromatic heterocycles. The number of halogens is 4. The highest BCUT2D eigenvalue weighted by Crippen LogP contribution is 2.66. The highest BCUT2D eigenvalue weighted by Gasteiger charge is 2.62. The van der Waals surface area contributed by atoms with Gasteiger partial charge in [-0.15, -0.1) is 10.2 Å². The molecule has 1 N–H and O–H groups in total. The highest BCUT2D eigenvalue weighted by atomic mass is 35.5. The summed E-state index contributed by atoms with van der Waals surface area (Å²) in [6.45, 7) is 0.402. The third kappa shape index (κ3) is 5.76. The molecule has 0 amide bonds. The molecule has 2 aliphatic rings. The molecule has 1 heterocycles. The first-order valence-corrected chi connectivity index (χ1v) is 14.2. The molecule has 0 radical (unpaired) electrons. The van der Waals surface area contributed by atoms with E-state index in [9.17, 15) is 17.8 Å². The maximum absolute atomic E-state index is 15.4. The Hall–Kier alpha value is -2.76. The van der Waals surface area contributed by atoms with Crippen molar-refractivity contribution in [3.05, 3.63) is 58.7 Å². The number of carbonyl (C=O) groups excluding carboxylic acids is 1. The van der Waals surface area contributed by atoms with E-state index in [2.05, 4.69) is 15.5 Å². The fraction of sp³-hybridized carbons (Fsp3) is 0.444. The van der Waals surface area contributed by atoms with Crippen LogP contribution < -0.4 is 10.2 Å². The molecule has 2 atom stereocenters. The van der Waals surface area contributed by atoms with Crippen molar-refractivity contribution in [1.82, 2.24) is 15.5 Å². The number of hydrogen-bond donors (Lipinski definition) is 1. The molecule has 39 heavy (non-hydrogen) atoms. The number of carbonyl (C=O) groups is 1. The monoisotopic (exact) mass is 580 g/mol. The van der Waals surface area contributed by atoms with E-state index in [4.69, 9.17) is 16.0 Å². The van der Waals surface area contributed by atoms with Crippen molar-refractivity contribution < 1.29 is 26.6 Å². The summed E-state index contributed by atoms with van der Waals surface area (Å²) in [5.74, 6) is -3.20. The fourth-order valence-corrected chi connectivity index (χ4v) is 7.14. The predicted octanol–water partition coefficient (Wildman–Crippen LogP) is 5.35. The minimum absolute atomic E-state index is 0.0340. The molecular formula is C27H28ClF3N4O3S. The molecule has 12 heteroatoms. The number of benzene rings is 2. The number of hydrogen-bond acceptors (Lipinski definition) is 7.